The highest BCUT2D eigenvalue weighted by atomic mass is 35.5. The van der Waals surface area contributed by atoms with Crippen LogP contribution in [0.1, 0.15) is 39.3 Å². The summed E-state index contributed by atoms with van der Waals surface area (Å²) in [6.45, 7) is -0.238. The molecule has 1 aromatic carbocycles. The minimum atomic E-state index is -3.19. The molecule has 0 aliphatic heterocycles. The first-order valence-electron chi connectivity index (χ1n) is 10.4. The van der Waals surface area contributed by atoms with E-state index in [1.165, 1.54) is 12.1 Å². The number of halogens is 1. The first-order chi connectivity index (χ1) is 15.5. The van der Waals surface area contributed by atoms with E-state index in [0.29, 0.717) is 17.9 Å². The van der Waals surface area contributed by atoms with E-state index in [1.54, 1.807) is 24.3 Å². The van der Waals surface area contributed by atoms with Crippen molar-refractivity contribution >= 4 is 33.3 Å². The summed E-state index contributed by atoms with van der Waals surface area (Å²) in [4.78, 5) is 38.2. The molecule has 0 unspecified atom stereocenters. The predicted octanol–water partition coefficient (Wildman–Crippen LogP) is 0.979. The summed E-state index contributed by atoms with van der Waals surface area (Å²) < 4.78 is 24.3. The van der Waals surface area contributed by atoms with Crippen LogP contribution >= 0.6 is 11.6 Å². The number of hydrogen-bond donors (Lipinski definition) is 3. The van der Waals surface area contributed by atoms with Gasteiger partial charge in [-0.1, -0.05) is 23.7 Å². The summed E-state index contributed by atoms with van der Waals surface area (Å²) in [7, 11) is -3.19. The number of carbonyl (C=O) groups excluding carboxylic acids is 2. The van der Waals surface area contributed by atoms with Gasteiger partial charge < -0.3 is 20.3 Å². The number of amides is 2. The van der Waals surface area contributed by atoms with Crippen LogP contribution in [0.15, 0.2) is 41.2 Å². The SMILES string of the molecule is CS(=O)(=O)CC1(CNC(=O)c2ccc(C(=O)NCc3ccc(Cl)cc3)c(=O)n2CCO)CC1. The fourth-order valence-corrected chi connectivity index (χ4v) is 5.24. The van der Waals surface area contributed by atoms with Gasteiger partial charge in [-0.3, -0.25) is 14.4 Å². The van der Waals surface area contributed by atoms with Crippen LogP contribution in [0, 0.1) is 5.41 Å². The van der Waals surface area contributed by atoms with E-state index >= 15 is 0 Å². The third-order valence-electron chi connectivity index (χ3n) is 5.49. The van der Waals surface area contributed by atoms with Crippen LogP contribution in [0.25, 0.3) is 0 Å². The van der Waals surface area contributed by atoms with Crippen molar-refractivity contribution in [3.05, 3.63) is 68.6 Å². The molecule has 1 heterocycles. The van der Waals surface area contributed by atoms with Crippen LogP contribution in [0.3, 0.4) is 0 Å². The minimum absolute atomic E-state index is 0.0153. The van der Waals surface area contributed by atoms with E-state index in [-0.39, 0.29) is 36.6 Å². The summed E-state index contributed by atoms with van der Waals surface area (Å²) in [5.41, 5.74) is -0.569. The van der Waals surface area contributed by atoms with Crippen molar-refractivity contribution in [2.45, 2.75) is 25.9 Å². The van der Waals surface area contributed by atoms with Gasteiger partial charge in [-0.15, -0.1) is 0 Å². The molecule has 33 heavy (non-hydrogen) atoms. The molecule has 2 amide bonds. The van der Waals surface area contributed by atoms with Crippen molar-refractivity contribution in [3.8, 4) is 0 Å². The highest BCUT2D eigenvalue weighted by Gasteiger charge is 2.45. The smallest absolute Gasteiger partial charge is 0.268 e. The Balaban J connectivity index is 1.73. The molecule has 1 aliphatic rings. The molecule has 0 bridgehead atoms. The minimum Gasteiger partial charge on any atom is -0.395 e. The molecule has 11 heteroatoms. The first-order valence-corrected chi connectivity index (χ1v) is 12.8. The maximum atomic E-state index is 12.9. The van der Waals surface area contributed by atoms with Crippen LogP contribution < -0.4 is 16.2 Å². The molecule has 0 saturated heterocycles. The van der Waals surface area contributed by atoms with Crippen molar-refractivity contribution < 1.29 is 23.1 Å². The Morgan fingerprint density at radius 3 is 2.33 bits per heavy atom. The van der Waals surface area contributed by atoms with Gasteiger partial charge in [0.2, 0.25) is 0 Å². The molecule has 9 nitrogen and oxygen atoms in total. The zero-order valence-electron chi connectivity index (χ0n) is 18.1. The van der Waals surface area contributed by atoms with Crippen LogP contribution in [0.4, 0.5) is 0 Å². The number of nitrogens with zero attached hydrogens (tertiary/aromatic N) is 1. The molecule has 1 aliphatic carbocycles. The number of sulfone groups is 1. The summed E-state index contributed by atoms with van der Waals surface area (Å²) in [6, 6.07) is 9.48. The Labute approximate surface area is 196 Å². The third kappa shape index (κ3) is 6.66. The molecular formula is C22H26ClN3O6S. The lowest BCUT2D eigenvalue weighted by Crippen LogP contribution is -2.39. The summed E-state index contributed by atoms with van der Waals surface area (Å²) >= 11 is 5.85. The number of benzene rings is 1. The predicted molar refractivity (Wildman–Crippen MR) is 124 cm³/mol. The van der Waals surface area contributed by atoms with Crippen LogP contribution in [0.2, 0.25) is 5.02 Å². The standard InChI is InChI=1S/C22H26ClN3O6S/c1-33(31,32)14-22(8-9-22)13-25-20(29)18-7-6-17(21(30)26(18)10-11-27)19(28)24-12-15-2-4-16(23)5-3-15/h2-7,27H,8-14H2,1H3,(H,24,28)(H,25,29). The number of hydrogen-bond acceptors (Lipinski definition) is 6. The normalized spacial score (nSPS) is 14.5. The number of aromatic nitrogens is 1. The second-order valence-electron chi connectivity index (χ2n) is 8.37. The summed E-state index contributed by atoms with van der Waals surface area (Å²) in [6.07, 6.45) is 2.54. The fourth-order valence-electron chi connectivity index (χ4n) is 3.61. The van der Waals surface area contributed by atoms with Crippen molar-refractivity contribution in [1.29, 1.82) is 0 Å². The Morgan fingerprint density at radius 1 is 1.09 bits per heavy atom. The second-order valence-corrected chi connectivity index (χ2v) is 11.0. The molecule has 0 spiro atoms. The van der Waals surface area contributed by atoms with Crippen molar-refractivity contribution in [1.82, 2.24) is 15.2 Å². The number of carbonyl (C=O) groups is 2. The lowest BCUT2D eigenvalue weighted by atomic mass is 10.1. The molecule has 0 radical (unpaired) electrons. The Morgan fingerprint density at radius 2 is 1.76 bits per heavy atom. The molecule has 3 N–H and O–H groups in total. The summed E-state index contributed by atoms with van der Waals surface area (Å²) in [5, 5.41) is 15.3. The molecule has 1 fully saturated rings. The monoisotopic (exact) mass is 495 g/mol. The fraction of sp³-hybridized carbons (Fsp3) is 0.409. The van der Waals surface area contributed by atoms with Gasteiger partial charge in [0.25, 0.3) is 17.4 Å². The van der Waals surface area contributed by atoms with Crippen molar-refractivity contribution in [3.63, 3.8) is 0 Å². The highest BCUT2D eigenvalue weighted by molar-refractivity contribution is 7.90. The largest absolute Gasteiger partial charge is 0.395 e. The van der Waals surface area contributed by atoms with Crippen molar-refractivity contribution in [2.75, 3.05) is 25.2 Å². The quantitative estimate of drug-likeness (QED) is 0.449. The Kier molecular flexibility index (Phi) is 7.61. The summed E-state index contributed by atoms with van der Waals surface area (Å²) in [5.74, 6) is -1.21. The molecule has 1 saturated carbocycles. The maximum absolute atomic E-state index is 12.9. The average Bonchev–Trinajstić information content (AvgIpc) is 3.50. The van der Waals surface area contributed by atoms with Gasteiger partial charge in [0, 0.05) is 36.3 Å². The average molecular weight is 496 g/mol. The number of aliphatic hydroxyl groups is 1. The van der Waals surface area contributed by atoms with Gasteiger partial charge in [0.05, 0.1) is 12.4 Å². The Bertz CT molecular complexity index is 1200. The number of rotatable bonds is 10. The molecule has 2 aromatic rings. The molecule has 178 valence electrons. The van der Waals surface area contributed by atoms with Crippen LogP contribution in [-0.4, -0.2) is 55.1 Å². The molecule has 1 aromatic heterocycles. The molecule has 0 atom stereocenters. The van der Waals surface area contributed by atoms with Gasteiger partial charge in [-0.05, 0) is 42.7 Å². The van der Waals surface area contributed by atoms with E-state index < -0.39 is 39.2 Å². The first kappa shape index (κ1) is 24.9. The van der Waals surface area contributed by atoms with Gasteiger partial charge >= 0.3 is 0 Å². The van der Waals surface area contributed by atoms with Gasteiger partial charge in [-0.2, -0.15) is 0 Å². The zero-order chi connectivity index (χ0) is 24.2. The van der Waals surface area contributed by atoms with Gasteiger partial charge in [0.15, 0.2) is 0 Å². The van der Waals surface area contributed by atoms with E-state index in [0.717, 1.165) is 16.4 Å². The second kappa shape index (κ2) is 10.1. The van der Waals surface area contributed by atoms with Crippen LogP contribution in [-0.2, 0) is 22.9 Å². The molecular weight excluding hydrogens is 470 g/mol. The van der Waals surface area contributed by atoms with Crippen LogP contribution in [0.5, 0.6) is 0 Å². The Hall–Kier alpha value is -2.69. The van der Waals surface area contributed by atoms with Gasteiger partial charge in [0.1, 0.15) is 21.1 Å². The lowest BCUT2D eigenvalue weighted by Gasteiger charge is -2.17. The highest BCUT2D eigenvalue weighted by Crippen LogP contribution is 2.46. The maximum Gasteiger partial charge on any atom is 0.268 e. The number of aliphatic hydroxyl groups excluding tert-OH is 1. The van der Waals surface area contributed by atoms with Gasteiger partial charge in [-0.25, -0.2) is 8.42 Å². The van der Waals surface area contributed by atoms with E-state index in [2.05, 4.69) is 10.6 Å². The number of nitrogens with one attached hydrogen (secondary N) is 2. The van der Waals surface area contributed by atoms with Crippen molar-refractivity contribution in [2.24, 2.45) is 5.41 Å². The third-order valence-corrected chi connectivity index (χ3v) is 6.88. The number of pyridine rings is 1. The lowest BCUT2D eigenvalue weighted by molar-refractivity contribution is 0.0923. The zero-order valence-corrected chi connectivity index (χ0v) is 19.7. The topological polar surface area (TPSA) is 135 Å². The molecule has 3 rings (SSSR count). The van der Waals surface area contributed by atoms with E-state index in [1.807, 2.05) is 0 Å². The van der Waals surface area contributed by atoms with E-state index in [4.69, 9.17) is 11.6 Å². The van der Waals surface area contributed by atoms with E-state index in [9.17, 15) is 27.9 Å².